The van der Waals surface area contributed by atoms with Gasteiger partial charge in [-0.15, -0.1) is 0 Å². The maximum Gasteiger partial charge on any atom is 0.325 e. The second kappa shape index (κ2) is 4.47. The fourth-order valence-electron chi connectivity index (χ4n) is 3.21. The van der Waals surface area contributed by atoms with Crippen molar-refractivity contribution < 1.29 is 0 Å². The van der Waals surface area contributed by atoms with Crippen molar-refractivity contribution in [3.63, 3.8) is 0 Å². The first kappa shape index (κ1) is 12.9. The van der Waals surface area contributed by atoms with Gasteiger partial charge in [0.05, 0.1) is 0 Å². The smallest absolute Gasteiger partial charge is 0.311 e. The molecule has 2 aromatic rings. The van der Waals surface area contributed by atoms with E-state index in [1.165, 1.54) is 17.2 Å². The molecule has 4 nitrogen and oxygen atoms in total. The zero-order chi connectivity index (χ0) is 14.3. The van der Waals surface area contributed by atoms with Crippen molar-refractivity contribution in [1.29, 1.82) is 0 Å². The number of H-pyrrole nitrogens is 2. The lowest BCUT2D eigenvalue weighted by Gasteiger charge is -2.37. The molecule has 1 aliphatic carbocycles. The van der Waals surface area contributed by atoms with Crippen LogP contribution in [0.1, 0.15) is 49.4 Å². The summed E-state index contributed by atoms with van der Waals surface area (Å²) in [4.78, 5) is 28.0. The monoisotopic (exact) mass is 270 g/mol. The van der Waals surface area contributed by atoms with E-state index in [1.807, 2.05) is 12.1 Å². The third-order valence-electron chi connectivity index (χ3n) is 4.28. The van der Waals surface area contributed by atoms with Gasteiger partial charge in [0.1, 0.15) is 0 Å². The summed E-state index contributed by atoms with van der Waals surface area (Å²) in [6.45, 7) is 4.48. The maximum atomic E-state index is 11.5. The van der Waals surface area contributed by atoms with Crippen LogP contribution in [0, 0.1) is 0 Å². The molecule has 1 heterocycles. The Morgan fingerprint density at radius 1 is 1.15 bits per heavy atom. The average Bonchev–Trinajstić information content (AvgIpc) is 2.38. The van der Waals surface area contributed by atoms with Crippen molar-refractivity contribution in [3.05, 3.63) is 68.0 Å². The molecule has 1 aromatic heterocycles. The lowest BCUT2D eigenvalue weighted by Crippen LogP contribution is -2.30. The van der Waals surface area contributed by atoms with Gasteiger partial charge in [-0.05, 0) is 29.4 Å². The van der Waals surface area contributed by atoms with Crippen LogP contribution in [0.5, 0.6) is 0 Å². The van der Waals surface area contributed by atoms with E-state index in [2.05, 4.69) is 35.9 Å². The van der Waals surface area contributed by atoms with Gasteiger partial charge in [-0.3, -0.25) is 9.78 Å². The van der Waals surface area contributed by atoms with Gasteiger partial charge in [0, 0.05) is 17.7 Å². The summed E-state index contributed by atoms with van der Waals surface area (Å²) >= 11 is 0. The molecule has 0 aliphatic heterocycles. The summed E-state index contributed by atoms with van der Waals surface area (Å²) in [5.41, 5.74) is 2.58. The molecule has 1 aromatic carbocycles. The Hall–Kier alpha value is -2.10. The number of aromatic nitrogens is 2. The minimum Gasteiger partial charge on any atom is -0.311 e. The average molecular weight is 270 g/mol. The highest BCUT2D eigenvalue weighted by Crippen LogP contribution is 2.44. The lowest BCUT2D eigenvalue weighted by molar-refractivity contribution is 0.408. The van der Waals surface area contributed by atoms with Gasteiger partial charge in [0.25, 0.3) is 5.56 Å². The molecule has 0 spiro atoms. The number of fused-ring (bicyclic) bond motifs is 1. The van der Waals surface area contributed by atoms with Crippen LogP contribution < -0.4 is 11.2 Å². The Balaban J connectivity index is 2.17. The number of aromatic amines is 2. The SMILES string of the molecule is CC1(C)CCC(c2cc(=O)[nH]c(=O)[nH]2)c2ccccc21. The van der Waals surface area contributed by atoms with Crippen molar-refractivity contribution in [2.75, 3.05) is 0 Å². The van der Waals surface area contributed by atoms with E-state index in [1.54, 1.807) is 0 Å². The maximum absolute atomic E-state index is 11.5. The molecule has 0 radical (unpaired) electrons. The number of benzene rings is 1. The zero-order valence-electron chi connectivity index (χ0n) is 11.7. The molecule has 0 saturated heterocycles. The highest BCUT2D eigenvalue weighted by atomic mass is 16.2. The van der Waals surface area contributed by atoms with Crippen molar-refractivity contribution in [1.82, 2.24) is 9.97 Å². The van der Waals surface area contributed by atoms with E-state index >= 15 is 0 Å². The third-order valence-corrected chi connectivity index (χ3v) is 4.28. The fraction of sp³-hybridized carbons (Fsp3) is 0.375. The Morgan fingerprint density at radius 3 is 2.65 bits per heavy atom. The van der Waals surface area contributed by atoms with E-state index in [-0.39, 0.29) is 16.9 Å². The molecule has 20 heavy (non-hydrogen) atoms. The minimum absolute atomic E-state index is 0.0919. The Kier molecular flexibility index (Phi) is 2.89. The van der Waals surface area contributed by atoms with Gasteiger partial charge >= 0.3 is 5.69 Å². The van der Waals surface area contributed by atoms with Crippen LogP contribution in [-0.2, 0) is 5.41 Å². The van der Waals surface area contributed by atoms with Gasteiger partial charge in [-0.1, -0.05) is 38.1 Å². The number of hydrogen-bond acceptors (Lipinski definition) is 2. The molecule has 4 heteroatoms. The van der Waals surface area contributed by atoms with Crippen molar-refractivity contribution in [2.24, 2.45) is 0 Å². The molecule has 1 unspecified atom stereocenters. The first-order valence-electron chi connectivity index (χ1n) is 6.90. The van der Waals surface area contributed by atoms with Gasteiger partial charge in [0.15, 0.2) is 0 Å². The van der Waals surface area contributed by atoms with Crippen LogP contribution in [0.3, 0.4) is 0 Å². The zero-order valence-corrected chi connectivity index (χ0v) is 11.7. The molecule has 1 aliphatic rings. The van der Waals surface area contributed by atoms with Gasteiger partial charge < -0.3 is 4.98 Å². The molecule has 3 rings (SSSR count). The van der Waals surface area contributed by atoms with Crippen LogP contribution in [0.4, 0.5) is 0 Å². The predicted molar refractivity (Wildman–Crippen MR) is 78.2 cm³/mol. The second-order valence-electron chi connectivity index (χ2n) is 6.11. The lowest BCUT2D eigenvalue weighted by atomic mass is 9.68. The first-order valence-corrected chi connectivity index (χ1v) is 6.90. The highest BCUT2D eigenvalue weighted by Gasteiger charge is 2.33. The van der Waals surface area contributed by atoms with Crippen LogP contribution >= 0.6 is 0 Å². The van der Waals surface area contributed by atoms with Crippen LogP contribution in [0.25, 0.3) is 0 Å². The molecule has 0 saturated carbocycles. The largest absolute Gasteiger partial charge is 0.325 e. The van der Waals surface area contributed by atoms with E-state index < -0.39 is 5.69 Å². The fourth-order valence-corrected chi connectivity index (χ4v) is 3.21. The Labute approximate surface area is 116 Å². The second-order valence-corrected chi connectivity index (χ2v) is 6.11. The number of nitrogens with one attached hydrogen (secondary N) is 2. The van der Waals surface area contributed by atoms with Crippen LogP contribution in [0.15, 0.2) is 39.9 Å². The molecule has 0 amide bonds. The Bertz CT molecular complexity index is 727. The number of hydrogen-bond donors (Lipinski definition) is 2. The topological polar surface area (TPSA) is 65.7 Å². The molecule has 0 fully saturated rings. The quantitative estimate of drug-likeness (QED) is 0.834. The van der Waals surface area contributed by atoms with E-state index in [0.717, 1.165) is 12.8 Å². The number of rotatable bonds is 1. The van der Waals surface area contributed by atoms with E-state index in [9.17, 15) is 9.59 Å². The van der Waals surface area contributed by atoms with Gasteiger partial charge in [0.2, 0.25) is 0 Å². The summed E-state index contributed by atoms with van der Waals surface area (Å²) in [6, 6.07) is 9.80. The minimum atomic E-state index is -0.435. The predicted octanol–water partition coefficient (Wildman–Crippen LogP) is 2.27. The summed E-state index contributed by atoms with van der Waals surface area (Å²) in [5.74, 6) is 0.0919. The Morgan fingerprint density at radius 2 is 1.90 bits per heavy atom. The highest BCUT2D eigenvalue weighted by molar-refractivity contribution is 5.42. The van der Waals surface area contributed by atoms with Crippen molar-refractivity contribution >= 4 is 0 Å². The molecule has 0 bridgehead atoms. The molecule has 2 N–H and O–H groups in total. The summed E-state index contributed by atoms with van der Waals surface area (Å²) in [7, 11) is 0. The van der Waals surface area contributed by atoms with Crippen molar-refractivity contribution in [2.45, 2.75) is 38.0 Å². The first-order chi connectivity index (χ1) is 9.47. The summed E-state index contributed by atoms with van der Waals surface area (Å²) in [5, 5.41) is 0. The third kappa shape index (κ3) is 2.11. The molecular weight excluding hydrogens is 252 g/mol. The van der Waals surface area contributed by atoms with E-state index in [0.29, 0.717) is 5.69 Å². The van der Waals surface area contributed by atoms with Crippen LogP contribution in [0.2, 0.25) is 0 Å². The molecule has 1 atom stereocenters. The standard InChI is InChI=1S/C16H18N2O2/c1-16(2)8-7-11(10-5-3-4-6-12(10)16)13-9-14(19)18-15(20)17-13/h3-6,9,11H,7-8H2,1-2H3,(H2,17,18,19,20). The van der Waals surface area contributed by atoms with E-state index in [4.69, 9.17) is 0 Å². The summed E-state index contributed by atoms with van der Waals surface area (Å²) in [6.07, 6.45) is 1.97. The molecule has 104 valence electrons. The van der Waals surface area contributed by atoms with Crippen molar-refractivity contribution in [3.8, 4) is 0 Å². The van der Waals surface area contributed by atoms with Gasteiger partial charge in [-0.2, -0.15) is 0 Å². The molecular formula is C16H18N2O2. The van der Waals surface area contributed by atoms with Gasteiger partial charge in [-0.25, -0.2) is 4.79 Å². The summed E-state index contributed by atoms with van der Waals surface area (Å²) < 4.78 is 0. The van der Waals surface area contributed by atoms with Crippen LogP contribution in [-0.4, -0.2) is 9.97 Å². The normalized spacial score (nSPS) is 20.4.